The van der Waals surface area contributed by atoms with E-state index >= 15 is 0 Å². The lowest BCUT2D eigenvalue weighted by atomic mass is 9.87. The van der Waals surface area contributed by atoms with Crippen LogP contribution in [0.4, 0.5) is 0 Å². The molecule has 0 bridgehead atoms. The Labute approximate surface area is 146 Å². The molecule has 6 nitrogen and oxygen atoms in total. The van der Waals surface area contributed by atoms with E-state index < -0.39 is 23.3 Å². The summed E-state index contributed by atoms with van der Waals surface area (Å²) in [6.07, 6.45) is -0.129. The fourth-order valence-corrected chi connectivity index (χ4v) is 3.99. The van der Waals surface area contributed by atoms with E-state index in [1.54, 1.807) is 24.3 Å². The van der Waals surface area contributed by atoms with E-state index in [4.69, 9.17) is 13.9 Å². The number of fused-ring (bicyclic) bond motifs is 3. The first-order valence-electron chi connectivity index (χ1n) is 7.62. The number of rotatable bonds is 2. The zero-order chi connectivity index (χ0) is 17.6. The Hall–Kier alpha value is -2.64. The first-order valence-corrected chi connectivity index (χ1v) is 8.50. The minimum Gasteiger partial charge on any atom is -0.464 e. The van der Waals surface area contributed by atoms with Crippen LogP contribution in [0, 0.1) is 0 Å². The van der Waals surface area contributed by atoms with Crippen molar-refractivity contribution in [2.45, 2.75) is 18.1 Å². The van der Waals surface area contributed by atoms with Gasteiger partial charge in [0.2, 0.25) is 0 Å². The van der Waals surface area contributed by atoms with Crippen molar-refractivity contribution in [3.05, 3.63) is 62.6 Å². The summed E-state index contributed by atoms with van der Waals surface area (Å²) in [5.41, 5.74) is 0.0824. The molecule has 1 aliphatic heterocycles. The third kappa shape index (κ3) is 2.43. The molecule has 1 aliphatic rings. The molecule has 25 heavy (non-hydrogen) atoms. The fraction of sp³-hybridized carbons (Fsp3) is 0.222. The number of hydrogen-bond acceptors (Lipinski definition) is 7. The largest absolute Gasteiger partial charge is 0.464 e. The number of aliphatic hydroxyl groups is 1. The van der Waals surface area contributed by atoms with Crippen molar-refractivity contribution in [2.24, 2.45) is 0 Å². The van der Waals surface area contributed by atoms with Crippen LogP contribution in [0.2, 0.25) is 0 Å². The minimum atomic E-state index is -2.17. The molecule has 7 heteroatoms. The number of methoxy groups -OCH3 is 1. The van der Waals surface area contributed by atoms with Crippen molar-refractivity contribution in [2.75, 3.05) is 7.11 Å². The molecule has 0 fully saturated rings. The van der Waals surface area contributed by atoms with Crippen LogP contribution in [0.1, 0.15) is 22.8 Å². The summed E-state index contributed by atoms with van der Waals surface area (Å²) in [5, 5.41) is 13.2. The molecule has 1 N–H and O–H groups in total. The summed E-state index contributed by atoms with van der Waals surface area (Å²) < 4.78 is 15.7. The quantitative estimate of drug-likeness (QED) is 0.560. The maximum Gasteiger partial charge on any atom is 0.379 e. The highest BCUT2D eigenvalue weighted by atomic mass is 32.1. The van der Waals surface area contributed by atoms with Crippen molar-refractivity contribution in [3.8, 4) is 5.75 Å². The molecule has 0 amide bonds. The van der Waals surface area contributed by atoms with Crippen molar-refractivity contribution in [1.29, 1.82) is 0 Å². The molecule has 2 aromatic heterocycles. The van der Waals surface area contributed by atoms with Gasteiger partial charge >= 0.3 is 17.4 Å². The lowest BCUT2D eigenvalue weighted by Crippen LogP contribution is -2.49. The summed E-state index contributed by atoms with van der Waals surface area (Å²) >= 11 is 1.43. The van der Waals surface area contributed by atoms with E-state index in [1.807, 2.05) is 17.5 Å². The maximum atomic E-state index is 12.6. The second-order valence-corrected chi connectivity index (χ2v) is 6.76. The first kappa shape index (κ1) is 15.9. The van der Waals surface area contributed by atoms with Crippen molar-refractivity contribution >= 4 is 28.3 Å². The lowest BCUT2D eigenvalue weighted by Gasteiger charge is -2.35. The Kier molecular flexibility index (Phi) is 3.63. The molecule has 2 unspecified atom stereocenters. The molecule has 0 saturated heterocycles. The molecule has 0 spiro atoms. The predicted octanol–water partition coefficient (Wildman–Crippen LogP) is 2.63. The van der Waals surface area contributed by atoms with Crippen LogP contribution in [0.5, 0.6) is 5.75 Å². The average molecular weight is 358 g/mol. The van der Waals surface area contributed by atoms with Crippen LogP contribution in [-0.2, 0) is 9.53 Å². The zero-order valence-electron chi connectivity index (χ0n) is 13.2. The number of esters is 1. The molecule has 3 heterocycles. The van der Waals surface area contributed by atoms with E-state index in [2.05, 4.69) is 0 Å². The van der Waals surface area contributed by atoms with E-state index in [9.17, 15) is 14.7 Å². The molecule has 0 aliphatic carbocycles. The van der Waals surface area contributed by atoms with Gasteiger partial charge in [-0.1, -0.05) is 18.2 Å². The third-order valence-electron chi connectivity index (χ3n) is 4.29. The van der Waals surface area contributed by atoms with Gasteiger partial charge in [-0.05, 0) is 23.6 Å². The van der Waals surface area contributed by atoms with Gasteiger partial charge < -0.3 is 19.0 Å². The summed E-state index contributed by atoms with van der Waals surface area (Å²) in [7, 11) is 1.18. The van der Waals surface area contributed by atoms with E-state index in [0.29, 0.717) is 16.5 Å². The maximum absolute atomic E-state index is 12.6. The Morgan fingerprint density at radius 2 is 2.12 bits per heavy atom. The Bertz CT molecular complexity index is 1010. The number of hydrogen-bond donors (Lipinski definition) is 1. The van der Waals surface area contributed by atoms with Gasteiger partial charge in [0, 0.05) is 17.2 Å². The molecule has 3 aromatic rings. The van der Waals surface area contributed by atoms with Crippen LogP contribution in [0.25, 0.3) is 11.0 Å². The number of benzene rings is 1. The molecule has 128 valence electrons. The van der Waals surface area contributed by atoms with Crippen molar-refractivity contribution < 1.29 is 23.8 Å². The smallest absolute Gasteiger partial charge is 0.379 e. The van der Waals surface area contributed by atoms with Crippen LogP contribution in [-0.4, -0.2) is 24.0 Å². The first-order chi connectivity index (χ1) is 12.0. The Morgan fingerprint density at radius 3 is 2.84 bits per heavy atom. The molecule has 1 aromatic carbocycles. The van der Waals surface area contributed by atoms with Crippen LogP contribution >= 0.6 is 11.3 Å². The third-order valence-corrected chi connectivity index (χ3v) is 5.28. The minimum absolute atomic E-state index is 0.129. The number of para-hydroxylation sites is 1. The van der Waals surface area contributed by atoms with Crippen LogP contribution in [0.3, 0.4) is 0 Å². The Balaban J connectivity index is 2.02. The molecule has 0 saturated carbocycles. The molecule has 0 radical (unpaired) electrons. The second-order valence-electron chi connectivity index (χ2n) is 5.78. The summed E-state index contributed by atoms with van der Waals surface area (Å²) in [6, 6.07) is 10.5. The summed E-state index contributed by atoms with van der Waals surface area (Å²) in [6.45, 7) is 0. The van der Waals surface area contributed by atoms with Crippen molar-refractivity contribution in [3.63, 3.8) is 0 Å². The standard InChI is InChI=1S/C18H14O6S/c1-22-17(20)18(21)9-11(13-7-4-8-25-13)14-15(24-18)10-5-2-3-6-12(10)23-16(14)19/h2-8,11,21H,9H2,1H3. The van der Waals surface area contributed by atoms with E-state index in [1.165, 1.54) is 18.4 Å². The number of ether oxygens (including phenoxy) is 2. The van der Waals surface area contributed by atoms with Gasteiger partial charge in [0.05, 0.1) is 18.1 Å². The predicted molar refractivity (Wildman–Crippen MR) is 90.9 cm³/mol. The summed E-state index contributed by atoms with van der Waals surface area (Å²) in [4.78, 5) is 25.6. The molecular formula is C18H14O6S. The van der Waals surface area contributed by atoms with Crippen molar-refractivity contribution in [1.82, 2.24) is 0 Å². The number of carbonyl (C=O) groups is 1. The molecule has 4 rings (SSSR count). The lowest BCUT2D eigenvalue weighted by molar-refractivity contribution is -0.202. The van der Waals surface area contributed by atoms with E-state index in [-0.39, 0.29) is 12.2 Å². The summed E-state index contributed by atoms with van der Waals surface area (Å²) in [5.74, 6) is -3.46. The topological polar surface area (TPSA) is 86.0 Å². The molecular weight excluding hydrogens is 344 g/mol. The van der Waals surface area contributed by atoms with Crippen LogP contribution in [0.15, 0.2) is 51.0 Å². The highest BCUT2D eigenvalue weighted by Crippen LogP contribution is 2.46. The number of thiophene rings is 1. The van der Waals surface area contributed by atoms with Crippen LogP contribution < -0.4 is 10.4 Å². The van der Waals surface area contributed by atoms with Gasteiger partial charge in [-0.3, -0.25) is 0 Å². The van der Waals surface area contributed by atoms with E-state index in [0.717, 1.165) is 4.88 Å². The zero-order valence-corrected chi connectivity index (χ0v) is 14.0. The highest BCUT2D eigenvalue weighted by Gasteiger charge is 2.49. The van der Waals surface area contributed by atoms with Gasteiger partial charge in [-0.25, -0.2) is 9.59 Å². The van der Waals surface area contributed by atoms with Gasteiger partial charge in [-0.2, -0.15) is 0 Å². The average Bonchev–Trinajstić information content (AvgIpc) is 3.15. The van der Waals surface area contributed by atoms with Gasteiger partial charge in [0.15, 0.2) is 0 Å². The molecule has 2 atom stereocenters. The normalized spacial score (nSPS) is 22.2. The van der Waals surface area contributed by atoms with Gasteiger partial charge in [-0.15, -0.1) is 11.3 Å². The Morgan fingerprint density at radius 1 is 1.32 bits per heavy atom. The highest BCUT2D eigenvalue weighted by molar-refractivity contribution is 7.10. The van der Waals surface area contributed by atoms with Gasteiger partial charge in [0.1, 0.15) is 11.3 Å². The monoisotopic (exact) mass is 358 g/mol. The fourth-order valence-electron chi connectivity index (χ4n) is 3.15. The van der Waals surface area contributed by atoms with Gasteiger partial charge in [0.25, 0.3) is 0 Å². The SMILES string of the molecule is COC(=O)C1(O)CC(c2cccs2)c2c(c3ccccc3oc2=O)O1. The second kappa shape index (κ2) is 5.72. The number of carbonyl (C=O) groups excluding carboxylic acids is 1.